The van der Waals surface area contributed by atoms with Gasteiger partial charge < -0.3 is 14.8 Å². The highest BCUT2D eigenvalue weighted by Gasteiger charge is 2.53. The predicted molar refractivity (Wildman–Crippen MR) is 124 cm³/mol. The van der Waals surface area contributed by atoms with Crippen LogP contribution in [0, 0.1) is 6.92 Å². The van der Waals surface area contributed by atoms with Gasteiger partial charge >= 0.3 is 5.97 Å². The summed E-state index contributed by atoms with van der Waals surface area (Å²) in [6.07, 6.45) is 0. The van der Waals surface area contributed by atoms with Crippen LogP contribution in [0.3, 0.4) is 0 Å². The Morgan fingerprint density at radius 1 is 0.812 bits per heavy atom. The van der Waals surface area contributed by atoms with Crippen LogP contribution in [0.4, 0.5) is 11.4 Å². The number of hydrogen-bond acceptors (Lipinski definition) is 4. The summed E-state index contributed by atoms with van der Waals surface area (Å²) in [7, 11) is 0. The molecule has 4 aromatic rings. The minimum absolute atomic E-state index is 0.350. The molecule has 156 valence electrons. The van der Waals surface area contributed by atoms with E-state index in [1.54, 1.807) is 18.2 Å². The molecule has 2 heterocycles. The average Bonchev–Trinajstić information content (AvgIpc) is 3.08. The molecule has 5 heteroatoms. The molecule has 0 amide bonds. The number of esters is 1. The number of benzene rings is 4. The van der Waals surface area contributed by atoms with Crippen LogP contribution < -0.4 is 10.1 Å². The molecule has 2 aliphatic heterocycles. The van der Waals surface area contributed by atoms with Crippen LogP contribution in [0.15, 0.2) is 84.9 Å². The molecule has 0 saturated carbocycles. The number of fused-ring (bicyclic) bond motifs is 6. The van der Waals surface area contributed by atoms with Gasteiger partial charge in [0.1, 0.15) is 11.5 Å². The van der Waals surface area contributed by atoms with Crippen LogP contribution in [-0.4, -0.2) is 5.97 Å². The second kappa shape index (κ2) is 6.87. The third-order valence-electron chi connectivity index (χ3n) is 6.10. The van der Waals surface area contributed by atoms with E-state index in [0.29, 0.717) is 22.1 Å². The fourth-order valence-electron chi connectivity index (χ4n) is 4.60. The van der Waals surface area contributed by atoms with Gasteiger partial charge in [-0.3, -0.25) is 0 Å². The quantitative estimate of drug-likeness (QED) is 0.343. The van der Waals surface area contributed by atoms with Crippen molar-refractivity contribution in [3.63, 3.8) is 0 Å². The highest BCUT2D eigenvalue weighted by molar-refractivity contribution is 6.30. The van der Waals surface area contributed by atoms with Crippen LogP contribution in [-0.2, 0) is 10.3 Å². The number of para-hydroxylation sites is 1. The van der Waals surface area contributed by atoms with Gasteiger partial charge in [0.05, 0.1) is 5.56 Å². The summed E-state index contributed by atoms with van der Waals surface area (Å²) in [6.45, 7) is 2.05. The molecule has 0 bridgehead atoms. The molecule has 1 atom stereocenters. The summed E-state index contributed by atoms with van der Waals surface area (Å²) < 4.78 is 12.4. The number of halogens is 1. The lowest BCUT2D eigenvalue weighted by Gasteiger charge is -2.36. The van der Waals surface area contributed by atoms with Crippen molar-refractivity contribution in [1.82, 2.24) is 0 Å². The van der Waals surface area contributed by atoms with E-state index >= 15 is 0 Å². The summed E-state index contributed by atoms with van der Waals surface area (Å²) in [5, 5.41) is 4.00. The van der Waals surface area contributed by atoms with Crippen molar-refractivity contribution in [1.29, 1.82) is 0 Å². The van der Waals surface area contributed by atoms with Gasteiger partial charge in [-0.05, 0) is 55.0 Å². The van der Waals surface area contributed by atoms with Gasteiger partial charge in [0, 0.05) is 39.2 Å². The van der Waals surface area contributed by atoms with Gasteiger partial charge in [0.15, 0.2) is 5.60 Å². The highest BCUT2D eigenvalue weighted by Crippen LogP contribution is 2.56. The van der Waals surface area contributed by atoms with Crippen molar-refractivity contribution in [2.24, 2.45) is 0 Å². The predicted octanol–water partition coefficient (Wildman–Crippen LogP) is 6.96. The van der Waals surface area contributed by atoms with Gasteiger partial charge in [0.25, 0.3) is 0 Å². The molecule has 2 aliphatic rings. The highest BCUT2D eigenvalue weighted by atomic mass is 35.5. The van der Waals surface area contributed by atoms with Crippen LogP contribution in [0.1, 0.15) is 32.6 Å². The molecule has 0 radical (unpaired) electrons. The minimum atomic E-state index is -1.08. The Morgan fingerprint density at radius 3 is 2.38 bits per heavy atom. The molecule has 4 nitrogen and oxygen atoms in total. The number of ether oxygens (including phenoxy) is 2. The molecular weight excluding hydrogens is 422 g/mol. The Balaban J connectivity index is 1.56. The molecule has 32 heavy (non-hydrogen) atoms. The first-order valence-electron chi connectivity index (χ1n) is 10.3. The topological polar surface area (TPSA) is 47.6 Å². The fraction of sp³-hybridized carbons (Fsp3) is 0.0741. The van der Waals surface area contributed by atoms with E-state index in [1.165, 1.54) is 0 Å². The van der Waals surface area contributed by atoms with Crippen molar-refractivity contribution in [2.75, 3.05) is 5.32 Å². The number of carbonyl (C=O) groups is 1. The molecule has 6 rings (SSSR count). The van der Waals surface area contributed by atoms with Crippen molar-refractivity contribution in [3.8, 4) is 11.5 Å². The van der Waals surface area contributed by atoms with Crippen molar-refractivity contribution >= 4 is 28.9 Å². The van der Waals surface area contributed by atoms with Crippen LogP contribution in [0.25, 0.3) is 0 Å². The van der Waals surface area contributed by atoms with E-state index in [0.717, 1.165) is 33.6 Å². The molecule has 0 saturated heterocycles. The van der Waals surface area contributed by atoms with Crippen molar-refractivity contribution in [3.05, 3.63) is 118 Å². The number of nitrogens with one attached hydrogen (secondary N) is 1. The Morgan fingerprint density at radius 2 is 1.53 bits per heavy atom. The first-order chi connectivity index (χ1) is 15.6. The van der Waals surface area contributed by atoms with E-state index in [2.05, 4.69) is 18.3 Å². The summed E-state index contributed by atoms with van der Waals surface area (Å²) in [4.78, 5) is 12.9. The van der Waals surface area contributed by atoms with Gasteiger partial charge in [-0.2, -0.15) is 0 Å². The Hall–Kier alpha value is -3.76. The molecule has 0 aliphatic carbocycles. The van der Waals surface area contributed by atoms with Gasteiger partial charge in [-0.1, -0.05) is 48.0 Å². The lowest BCUT2D eigenvalue weighted by molar-refractivity contribution is 0.0224. The fourth-order valence-corrected chi connectivity index (χ4v) is 4.76. The zero-order valence-corrected chi connectivity index (χ0v) is 17.9. The molecule has 1 N–H and O–H groups in total. The van der Waals surface area contributed by atoms with E-state index in [9.17, 15) is 4.79 Å². The third-order valence-corrected chi connectivity index (χ3v) is 6.34. The molecule has 1 unspecified atom stereocenters. The lowest BCUT2D eigenvalue weighted by Crippen LogP contribution is -2.33. The second-order valence-electron chi connectivity index (χ2n) is 8.01. The monoisotopic (exact) mass is 439 g/mol. The maximum absolute atomic E-state index is 12.9. The SMILES string of the molecule is Cc1ccccc1Nc1ccc2c(c1)Oc1cc(Cl)ccc1C21OC(=O)c2ccccc21. The number of rotatable bonds is 2. The normalized spacial score (nSPS) is 17.8. The van der Waals surface area contributed by atoms with Crippen LogP contribution in [0.5, 0.6) is 11.5 Å². The first-order valence-corrected chi connectivity index (χ1v) is 10.7. The van der Waals surface area contributed by atoms with Gasteiger partial charge in [0.2, 0.25) is 0 Å². The number of hydrogen-bond donors (Lipinski definition) is 1. The van der Waals surface area contributed by atoms with E-state index in [4.69, 9.17) is 21.1 Å². The molecule has 4 aromatic carbocycles. The molecule has 0 aromatic heterocycles. The minimum Gasteiger partial charge on any atom is -0.456 e. The Bertz CT molecular complexity index is 1410. The van der Waals surface area contributed by atoms with Crippen LogP contribution >= 0.6 is 11.6 Å². The maximum Gasteiger partial charge on any atom is 0.340 e. The number of anilines is 2. The summed E-state index contributed by atoms with van der Waals surface area (Å²) >= 11 is 6.28. The van der Waals surface area contributed by atoms with Crippen molar-refractivity contribution < 1.29 is 14.3 Å². The van der Waals surface area contributed by atoms with Crippen molar-refractivity contribution in [2.45, 2.75) is 12.5 Å². The number of carbonyl (C=O) groups excluding carboxylic acids is 1. The Kier molecular flexibility index (Phi) is 4.07. The van der Waals surface area contributed by atoms with E-state index < -0.39 is 5.60 Å². The standard InChI is InChI=1S/C27H18ClNO3/c1-16-6-2-5-9-23(16)29-18-11-13-22-25(15-18)31-24-14-17(28)10-12-21(24)27(22)20-8-4-3-7-19(20)26(30)32-27/h2-15,29H,1H3. The first kappa shape index (κ1) is 19.0. The van der Waals surface area contributed by atoms with E-state index in [1.807, 2.05) is 60.7 Å². The summed E-state index contributed by atoms with van der Waals surface area (Å²) in [6, 6.07) is 26.9. The second-order valence-corrected chi connectivity index (χ2v) is 8.45. The zero-order chi connectivity index (χ0) is 21.9. The van der Waals surface area contributed by atoms with E-state index in [-0.39, 0.29) is 5.97 Å². The van der Waals surface area contributed by atoms with Gasteiger partial charge in [-0.15, -0.1) is 0 Å². The maximum atomic E-state index is 12.9. The largest absolute Gasteiger partial charge is 0.456 e. The van der Waals surface area contributed by atoms with Gasteiger partial charge in [-0.25, -0.2) is 4.79 Å². The average molecular weight is 440 g/mol. The molecule has 1 spiro atoms. The number of aryl methyl sites for hydroxylation is 1. The molecular formula is C27H18ClNO3. The zero-order valence-electron chi connectivity index (χ0n) is 17.2. The summed E-state index contributed by atoms with van der Waals surface area (Å²) in [5.41, 5.74) is 4.84. The smallest absolute Gasteiger partial charge is 0.340 e. The third kappa shape index (κ3) is 2.66. The molecule has 0 fully saturated rings. The Labute approximate surface area is 190 Å². The lowest BCUT2D eigenvalue weighted by atomic mass is 9.77. The van der Waals surface area contributed by atoms with Crippen LogP contribution in [0.2, 0.25) is 5.02 Å². The summed E-state index contributed by atoms with van der Waals surface area (Å²) in [5.74, 6) is 0.835.